The predicted octanol–water partition coefficient (Wildman–Crippen LogP) is 6.23. The van der Waals surface area contributed by atoms with Crippen LogP contribution in [0.1, 0.15) is 62.5 Å². The van der Waals surface area contributed by atoms with E-state index in [1.165, 1.54) is 38.5 Å². The first-order chi connectivity index (χ1) is 15.4. The number of rotatable bonds is 5. The second kappa shape index (κ2) is 6.94. The molecule has 4 saturated carbocycles. The lowest BCUT2D eigenvalue weighted by Gasteiger charge is -2.26. The summed E-state index contributed by atoms with van der Waals surface area (Å²) in [6.45, 7) is 4.11. The molecule has 4 nitrogen and oxygen atoms in total. The maximum atomic E-state index is 12.6. The zero-order valence-electron chi connectivity index (χ0n) is 19.1. The second-order valence-electron chi connectivity index (χ2n) is 11.0. The Morgan fingerprint density at radius 1 is 0.719 bits per heavy atom. The van der Waals surface area contributed by atoms with E-state index in [0.717, 1.165) is 46.5 Å². The third-order valence-corrected chi connectivity index (χ3v) is 9.01. The number of benzene rings is 2. The maximum absolute atomic E-state index is 12.6. The van der Waals surface area contributed by atoms with Gasteiger partial charge in [0.25, 0.3) is 0 Å². The number of aryl methyl sites for hydroxylation is 2. The van der Waals surface area contributed by atoms with Crippen LogP contribution in [0.25, 0.3) is 11.1 Å². The minimum absolute atomic E-state index is 0.191. The van der Waals surface area contributed by atoms with E-state index < -0.39 is 0 Å². The van der Waals surface area contributed by atoms with Crippen LogP contribution in [-0.4, -0.2) is 11.8 Å². The number of carbonyl (C=O) groups excluding carboxylic acids is 2. The number of carbonyl (C=O) groups is 2. The van der Waals surface area contributed by atoms with Gasteiger partial charge in [0.2, 0.25) is 11.8 Å². The van der Waals surface area contributed by atoms with Gasteiger partial charge >= 0.3 is 0 Å². The Bertz CT molecular complexity index is 1040. The van der Waals surface area contributed by atoms with Gasteiger partial charge in [-0.2, -0.15) is 0 Å². The summed E-state index contributed by atoms with van der Waals surface area (Å²) in [5, 5.41) is 6.32. The summed E-state index contributed by atoms with van der Waals surface area (Å²) in [7, 11) is 0. The second-order valence-corrected chi connectivity index (χ2v) is 11.0. The van der Waals surface area contributed by atoms with Gasteiger partial charge in [0.15, 0.2) is 0 Å². The summed E-state index contributed by atoms with van der Waals surface area (Å²) in [5.74, 6) is 0.817. The van der Waals surface area contributed by atoms with Crippen molar-refractivity contribution >= 4 is 23.2 Å². The van der Waals surface area contributed by atoms with Gasteiger partial charge in [-0.1, -0.05) is 25.0 Å². The lowest BCUT2D eigenvalue weighted by molar-refractivity contribution is -0.119. The number of hydrogen-bond donors (Lipinski definition) is 2. The fraction of sp³-hybridized carbons (Fsp3) is 0.500. The van der Waals surface area contributed by atoms with Crippen LogP contribution in [-0.2, 0) is 9.59 Å². The quantitative estimate of drug-likeness (QED) is 0.593. The molecule has 2 amide bonds. The maximum Gasteiger partial charge on any atom is 0.228 e. The third-order valence-electron chi connectivity index (χ3n) is 9.01. The van der Waals surface area contributed by atoms with Crippen molar-refractivity contribution < 1.29 is 9.59 Å². The molecule has 2 spiro atoms. The van der Waals surface area contributed by atoms with Gasteiger partial charge in [0.1, 0.15) is 0 Å². The Morgan fingerprint density at radius 3 is 1.41 bits per heavy atom. The molecule has 0 aliphatic heterocycles. The summed E-state index contributed by atoms with van der Waals surface area (Å²) in [6, 6.07) is 12.5. The first-order valence-corrected chi connectivity index (χ1v) is 12.2. The molecule has 2 aromatic rings. The van der Waals surface area contributed by atoms with E-state index in [1.807, 2.05) is 12.1 Å². The highest BCUT2D eigenvalue weighted by molar-refractivity contribution is 5.97. The molecule has 2 aromatic carbocycles. The standard InChI is InChI=1S/C28H32N2O2/c1-17-13-19(5-7-23(17)29-25(31)21-15-27(21)9-3-10-27)20-6-8-24(18(2)14-20)30-26(32)22-16-28(22)11-4-12-28/h5-8,13-14,21-22H,3-4,9-12,15-16H2,1-2H3,(H,29,31)(H,30,32). The van der Waals surface area contributed by atoms with Crippen LogP contribution < -0.4 is 10.6 Å². The first kappa shape index (κ1) is 20.0. The average molecular weight is 429 g/mol. The minimum atomic E-state index is 0.191. The zero-order chi connectivity index (χ0) is 22.1. The molecule has 166 valence electrons. The number of amides is 2. The molecule has 4 heteroatoms. The molecule has 0 saturated heterocycles. The van der Waals surface area contributed by atoms with Crippen LogP contribution in [0.3, 0.4) is 0 Å². The highest BCUT2D eigenvalue weighted by Gasteiger charge is 2.61. The van der Waals surface area contributed by atoms with Crippen LogP contribution in [0, 0.1) is 36.5 Å². The molecule has 2 atom stereocenters. The van der Waals surface area contributed by atoms with Crippen molar-refractivity contribution in [3.8, 4) is 11.1 Å². The van der Waals surface area contributed by atoms with E-state index in [-0.39, 0.29) is 23.7 Å². The van der Waals surface area contributed by atoms with E-state index in [1.54, 1.807) is 0 Å². The molecular weight excluding hydrogens is 396 g/mol. The molecular formula is C28H32N2O2. The van der Waals surface area contributed by atoms with E-state index in [4.69, 9.17) is 0 Å². The van der Waals surface area contributed by atoms with Crippen LogP contribution >= 0.6 is 0 Å². The minimum Gasteiger partial charge on any atom is -0.326 e. The van der Waals surface area contributed by atoms with Gasteiger partial charge in [-0.05, 0) is 110 Å². The molecule has 0 radical (unpaired) electrons. The molecule has 32 heavy (non-hydrogen) atoms. The molecule has 0 heterocycles. The van der Waals surface area contributed by atoms with Crippen molar-refractivity contribution in [3.05, 3.63) is 47.5 Å². The Balaban J connectivity index is 1.13. The topological polar surface area (TPSA) is 58.2 Å². The van der Waals surface area contributed by atoms with Gasteiger partial charge in [0, 0.05) is 23.2 Å². The summed E-state index contributed by atoms with van der Waals surface area (Å²) < 4.78 is 0. The summed E-state index contributed by atoms with van der Waals surface area (Å²) in [4.78, 5) is 25.3. The molecule has 0 bridgehead atoms. The summed E-state index contributed by atoms with van der Waals surface area (Å²) in [6.07, 6.45) is 9.59. The fourth-order valence-electron chi connectivity index (χ4n) is 6.21. The lowest BCUT2D eigenvalue weighted by atomic mass is 9.79. The zero-order valence-corrected chi connectivity index (χ0v) is 19.1. The molecule has 4 aliphatic rings. The number of anilines is 2. The van der Waals surface area contributed by atoms with Crippen LogP contribution in [0.2, 0.25) is 0 Å². The van der Waals surface area contributed by atoms with Crippen molar-refractivity contribution in [1.29, 1.82) is 0 Å². The van der Waals surface area contributed by atoms with E-state index in [0.29, 0.717) is 10.8 Å². The Labute approximate surface area is 190 Å². The molecule has 2 unspecified atom stereocenters. The smallest absolute Gasteiger partial charge is 0.228 e. The van der Waals surface area contributed by atoms with Crippen molar-refractivity contribution in [2.45, 2.75) is 65.2 Å². The normalized spacial score (nSPS) is 25.6. The Hall–Kier alpha value is -2.62. The Kier molecular flexibility index (Phi) is 4.34. The lowest BCUT2D eigenvalue weighted by Crippen LogP contribution is -2.23. The molecule has 2 N–H and O–H groups in total. The molecule has 0 aromatic heterocycles. The van der Waals surface area contributed by atoms with Crippen LogP contribution in [0.15, 0.2) is 36.4 Å². The van der Waals surface area contributed by atoms with E-state index in [9.17, 15) is 9.59 Å². The van der Waals surface area contributed by atoms with E-state index in [2.05, 4.69) is 48.7 Å². The molecule has 4 fully saturated rings. The first-order valence-electron chi connectivity index (χ1n) is 12.2. The molecule has 6 rings (SSSR count). The van der Waals surface area contributed by atoms with E-state index >= 15 is 0 Å². The van der Waals surface area contributed by atoms with Gasteiger partial charge in [-0.15, -0.1) is 0 Å². The van der Waals surface area contributed by atoms with Crippen molar-refractivity contribution in [1.82, 2.24) is 0 Å². The summed E-state index contributed by atoms with van der Waals surface area (Å²) in [5.41, 5.74) is 6.93. The van der Waals surface area contributed by atoms with Crippen LogP contribution in [0.4, 0.5) is 11.4 Å². The summed E-state index contributed by atoms with van der Waals surface area (Å²) >= 11 is 0. The van der Waals surface area contributed by atoms with Crippen LogP contribution in [0.5, 0.6) is 0 Å². The number of hydrogen-bond acceptors (Lipinski definition) is 2. The van der Waals surface area contributed by atoms with Crippen molar-refractivity contribution in [3.63, 3.8) is 0 Å². The third kappa shape index (κ3) is 3.18. The molecule has 4 aliphatic carbocycles. The highest BCUT2D eigenvalue weighted by Crippen LogP contribution is 2.66. The average Bonchev–Trinajstić information content (AvgIpc) is 3.61. The highest BCUT2D eigenvalue weighted by atomic mass is 16.2. The van der Waals surface area contributed by atoms with Gasteiger partial charge < -0.3 is 10.6 Å². The van der Waals surface area contributed by atoms with Gasteiger partial charge in [-0.25, -0.2) is 0 Å². The SMILES string of the molecule is Cc1cc(-c2ccc(NC(=O)C3CC34CCC4)c(C)c2)ccc1NC(=O)C1CC12CCC2. The van der Waals surface area contributed by atoms with Crippen molar-refractivity contribution in [2.24, 2.45) is 22.7 Å². The number of nitrogens with one attached hydrogen (secondary N) is 2. The largest absolute Gasteiger partial charge is 0.326 e. The fourth-order valence-corrected chi connectivity index (χ4v) is 6.21. The predicted molar refractivity (Wildman–Crippen MR) is 127 cm³/mol. The van der Waals surface area contributed by atoms with Gasteiger partial charge in [-0.3, -0.25) is 9.59 Å². The van der Waals surface area contributed by atoms with Gasteiger partial charge in [0.05, 0.1) is 0 Å². The van der Waals surface area contributed by atoms with Crippen molar-refractivity contribution in [2.75, 3.05) is 10.6 Å². The monoisotopic (exact) mass is 428 g/mol. The Morgan fingerprint density at radius 2 is 1.12 bits per heavy atom.